The monoisotopic (exact) mass is 397 g/mol. The van der Waals surface area contributed by atoms with Crippen LogP contribution in [-0.4, -0.2) is 30.4 Å². The Morgan fingerprint density at radius 3 is 2.45 bits per heavy atom. The number of esters is 1. The highest BCUT2D eigenvalue weighted by atomic mass is 16.5. The predicted molar refractivity (Wildman–Crippen MR) is 111 cm³/mol. The van der Waals surface area contributed by atoms with E-state index in [0.29, 0.717) is 23.4 Å². The van der Waals surface area contributed by atoms with Gasteiger partial charge < -0.3 is 20.7 Å². The molecule has 0 radical (unpaired) electrons. The van der Waals surface area contributed by atoms with E-state index >= 15 is 0 Å². The minimum Gasteiger partial charge on any atom is -0.462 e. The van der Waals surface area contributed by atoms with E-state index in [1.807, 2.05) is 39.8 Å². The van der Waals surface area contributed by atoms with E-state index in [0.717, 1.165) is 28.0 Å². The van der Waals surface area contributed by atoms with Crippen LogP contribution < -0.4 is 16.0 Å². The molecule has 0 saturated heterocycles. The molecule has 1 unspecified atom stereocenters. The van der Waals surface area contributed by atoms with Crippen LogP contribution in [0.3, 0.4) is 0 Å². The van der Waals surface area contributed by atoms with E-state index in [4.69, 9.17) is 4.74 Å². The fourth-order valence-corrected chi connectivity index (χ4v) is 3.57. The van der Waals surface area contributed by atoms with E-state index in [2.05, 4.69) is 16.0 Å². The number of rotatable bonds is 5. The van der Waals surface area contributed by atoms with Crippen molar-refractivity contribution in [3.8, 4) is 0 Å². The van der Waals surface area contributed by atoms with Gasteiger partial charge in [-0.1, -0.05) is 5.57 Å². The van der Waals surface area contributed by atoms with Gasteiger partial charge in [0, 0.05) is 12.1 Å². The molecule has 1 heterocycles. The van der Waals surface area contributed by atoms with Gasteiger partial charge in [-0.3, -0.25) is 9.59 Å². The zero-order chi connectivity index (χ0) is 21.3. The van der Waals surface area contributed by atoms with Crippen LogP contribution in [0, 0.1) is 13.8 Å². The zero-order valence-electron chi connectivity index (χ0n) is 17.5. The predicted octanol–water partition coefficient (Wildman–Crippen LogP) is 3.10. The standard InChI is InChI=1S/C22H27N3O4/c1-6-29-22(28)20-14(5)13(4)9-17(20)24-19(26)10-18-21(27)25-16-8-12(3)11(2)7-15(16)23-18/h7-8,18,23H,6,9-10H2,1-5H3,(H,24,26)(H,25,27). The lowest BCUT2D eigenvalue weighted by Gasteiger charge is -2.27. The number of amides is 2. The van der Waals surface area contributed by atoms with Gasteiger partial charge >= 0.3 is 5.97 Å². The SMILES string of the molecule is CCOC(=O)C1=C(NC(=O)CC2Nc3cc(C)c(C)cc3NC2=O)CC(C)=C1C. The van der Waals surface area contributed by atoms with E-state index < -0.39 is 12.0 Å². The summed E-state index contributed by atoms with van der Waals surface area (Å²) < 4.78 is 5.12. The largest absolute Gasteiger partial charge is 0.462 e. The topological polar surface area (TPSA) is 96.5 Å². The summed E-state index contributed by atoms with van der Waals surface area (Å²) in [6, 6.07) is 3.19. The molecule has 1 aliphatic heterocycles. The molecule has 3 N–H and O–H groups in total. The molecule has 7 heteroatoms. The number of carbonyl (C=O) groups excluding carboxylic acids is 3. The van der Waals surface area contributed by atoms with Gasteiger partial charge in [-0.15, -0.1) is 0 Å². The highest BCUT2D eigenvalue weighted by molar-refractivity contribution is 6.05. The van der Waals surface area contributed by atoms with Crippen LogP contribution in [0.1, 0.15) is 44.7 Å². The summed E-state index contributed by atoms with van der Waals surface area (Å²) in [5.41, 5.74) is 6.48. The first-order valence-electron chi connectivity index (χ1n) is 9.76. The first kappa shape index (κ1) is 20.6. The van der Waals surface area contributed by atoms with Gasteiger partial charge in [0.15, 0.2) is 0 Å². The molecule has 0 fully saturated rings. The van der Waals surface area contributed by atoms with Crippen LogP contribution in [-0.2, 0) is 19.1 Å². The molecule has 3 rings (SSSR count). The smallest absolute Gasteiger partial charge is 0.340 e. The van der Waals surface area contributed by atoms with Crippen molar-refractivity contribution in [2.24, 2.45) is 0 Å². The quantitative estimate of drug-likeness (QED) is 0.664. The summed E-state index contributed by atoms with van der Waals surface area (Å²) in [4.78, 5) is 37.4. The Balaban J connectivity index is 1.72. The Hall–Kier alpha value is -3.09. The van der Waals surface area contributed by atoms with Crippen LogP contribution in [0.25, 0.3) is 0 Å². The Bertz CT molecular complexity index is 959. The molecular weight excluding hydrogens is 370 g/mol. The van der Waals surface area contributed by atoms with Gasteiger partial charge in [-0.25, -0.2) is 4.79 Å². The van der Waals surface area contributed by atoms with Crippen LogP contribution in [0.15, 0.2) is 34.5 Å². The van der Waals surface area contributed by atoms with Crippen molar-refractivity contribution in [3.63, 3.8) is 0 Å². The molecule has 0 aromatic heterocycles. The van der Waals surface area contributed by atoms with Crippen molar-refractivity contribution in [2.45, 2.75) is 53.5 Å². The number of anilines is 2. The summed E-state index contributed by atoms with van der Waals surface area (Å²) in [7, 11) is 0. The fraction of sp³-hybridized carbons (Fsp3) is 0.409. The Morgan fingerprint density at radius 1 is 1.14 bits per heavy atom. The molecule has 1 aromatic carbocycles. The molecule has 0 spiro atoms. The van der Waals surface area contributed by atoms with Crippen molar-refractivity contribution in [3.05, 3.63) is 45.7 Å². The first-order chi connectivity index (χ1) is 13.7. The van der Waals surface area contributed by atoms with E-state index in [-0.39, 0.29) is 24.8 Å². The maximum absolute atomic E-state index is 12.6. The number of hydrogen-bond acceptors (Lipinski definition) is 5. The van der Waals surface area contributed by atoms with E-state index in [1.165, 1.54) is 0 Å². The third kappa shape index (κ3) is 4.18. The minimum atomic E-state index is -0.687. The Labute approximate surface area is 170 Å². The summed E-state index contributed by atoms with van der Waals surface area (Å²) in [5.74, 6) is -1.03. The molecule has 7 nitrogen and oxygen atoms in total. The molecule has 1 aliphatic carbocycles. The maximum atomic E-state index is 12.6. The van der Waals surface area contributed by atoms with Crippen molar-refractivity contribution in [2.75, 3.05) is 17.2 Å². The summed E-state index contributed by atoms with van der Waals surface area (Å²) >= 11 is 0. The minimum absolute atomic E-state index is 0.0457. The first-order valence-corrected chi connectivity index (χ1v) is 9.76. The van der Waals surface area contributed by atoms with Crippen molar-refractivity contribution >= 4 is 29.2 Å². The van der Waals surface area contributed by atoms with Gasteiger partial charge in [0.1, 0.15) is 6.04 Å². The number of nitrogens with one attached hydrogen (secondary N) is 3. The molecular formula is C22H27N3O4. The lowest BCUT2D eigenvalue weighted by molar-refractivity contribution is -0.138. The molecule has 154 valence electrons. The summed E-state index contributed by atoms with van der Waals surface area (Å²) in [5, 5.41) is 8.83. The summed E-state index contributed by atoms with van der Waals surface area (Å²) in [6.45, 7) is 9.75. The van der Waals surface area contributed by atoms with Gasteiger partial charge in [-0.2, -0.15) is 0 Å². The Morgan fingerprint density at radius 2 is 1.79 bits per heavy atom. The number of hydrogen-bond donors (Lipinski definition) is 3. The average molecular weight is 397 g/mol. The van der Waals surface area contributed by atoms with Crippen molar-refractivity contribution in [1.29, 1.82) is 0 Å². The van der Waals surface area contributed by atoms with Crippen LogP contribution in [0.2, 0.25) is 0 Å². The van der Waals surface area contributed by atoms with Gasteiger partial charge in [0.2, 0.25) is 11.8 Å². The fourth-order valence-electron chi connectivity index (χ4n) is 3.57. The zero-order valence-corrected chi connectivity index (χ0v) is 17.5. The highest BCUT2D eigenvalue weighted by Crippen LogP contribution is 2.32. The van der Waals surface area contributed by atoms with Crippen LogP contribution in [0.4, 0.5) is 11.4 Å². The summed E-state index contributed by atoms with van der Waals surface area (Å²) in [6.07, 6.45) is 0.438. The number of benzene rings is 1. The normalized spacial score (nSPS) is 18.2. The average Bonchev–Trinajstić information content (AvgIpc) is 2.91. The number of ether oxygens (including phenoxy) is 1. The Kier molecular flexibility index (Phi) is 5.77. The maximum Gasteiger partial charge on any atom is 0.340 e. The third-order valence-electron chi connectivity index (χ3n) is 5.46. The molecule has 0 saturated carbocycles. The number of fused-ring (bicyclic) bond motifs is 1. The number of carbonyl (C=O) groups is 3. The second-order valence-corrected chi connectivity index (χ2v) is 7.58. The number of aryl methyl sites for hydroxylation is 2. The molecule has 2 aliphatic rings. The van der Waals surface area contributed by atoms with Crippen LogP contribution in [0.5, 0.6) is 0 Å². The van der Waals surface area contributed by atoms with Crippen molar-refractivity contribution in [1.82, 2.24) is 5.32 Å². The molecule has 29 heavy (non-hydrogen) atoms. The lowest BCUT2D eigenvalue weighted by atomic mass is 10.0. The van der Waals surface area contributed by atoms with Crippen LogP contribution >= 0.6 is 0 Å². The van der Waals surface area contributed by atoms with E-state index in [9.17, 15) is 14.4 Å². The third-order valence-corrected chi connectivity index (χ3v) is 5.46. The number of allylic oxidation sites excluding steroid dienone is 1. The van der Waals surface area contributed by atoms with Crippen molar-refractivity contribution < 1.29 is 19.1 Å². The van der Waals surface area contributed by atoms with Gasteiger partial charge in [0.25, 0.3) is 0 Å². The van der Waals surface area contributed by atoms with Gasteiger partial charge in [-0.05, 0) is 63.5 Å². The molecule has 1 atom stereocenters. The van der Waals surface area contributed by atoms with E-state index in [1.54, 1.807) is 6.92 Å². The lowest BCUT2D eigenvalue weighted by Crippen LogP contribution is -2.42. The second-order valence-electron chi connectivity index (χ2n) is 7.58. The van der Waals surface area contributed by atoms with Gasteiger partial charge in [0.05, 0.1) is 30.0 Å². The molecule has 1 aromatic rings. The second kappa shape index (κ2) is 8.11. The molecule has 0 bridgehead atoms. The highest BCUT2D eigenvalue weighted by Gasteiger charge is 2.30. The molecule has 2 amide bonds.